The van der Waals surface area contributed by atoms with E-state index in [-0.39, 0.29) is 25.3 Å². The molecule has 1 aromatic heterocycles. The first-order valence-electron chi connectivity index (χ1n) is 5.90. The second kappa shape index (κ2) is 5.69. The molecule has 1 aliphatic rings. The van der Waals surface area contributed by atoms with Crippen LogP contribution in [0, 0.1) is 5.92 Å². The number of aromatic nitrogens is 1. The van der Waals surface area contributed by atoms with Crippen molar-refractivity contribution in [3.05, 3.63) is 29.0 Å². The molecule has 0 bridgehead atoms. The van der Waals surface area contributed by atoms with Gasteiger partial charge in [0.25, 0.3) is 0 Å². The van der Waals surface area contributed by atoms with E-state index in [0.717, 1.165) is 0 Å². The number of rotatable bonds is 4. The Kier molecular flexibility index (Phi) is 4.19. The summed E-state index contributed by atoms with van der Waals surface area (Å²) in [5.41, 5.74) is 6.31. The molecule has 2 rings (SSSR count). The van der Waals surface area contributed by atoms with Crippen molar-refractivity contribution in [2.45, 2.75) is 31.8 Å². The number of nitrogens with two attached hydrogens (primary N) is 1. The van der Waals surface area contributed by atoms with Gasteiger partial charge in [-0.3, -0.25) is 0 Å². The Bertz CT molecular complexity index is 482. The summed E-state index contributed by atoms with van der Waals surface area (Å²) >= 11 is 5.83. The molecule has 0 spiro atoms. The molecule has 0 radical (unpaired) electrons. The quantitative estimate of drug-likeness (QED) is 0.401. The van der Waals surface area contributed by atoms with E-state index in [1.54, 1.807) is 18.3 Å². The first-order valence-corrected chi connectivity index (χ1v) is 6.28. The van der Waals surface area contributed by atoms with Gasteiger partial charge in [-0.15, -0.1) is 0 Å². The lowest BCUT2D eigenvalue weighted by Gasteiger charge is -2.09. The highest BCUT2D eigenvalue weighted by molar-refractivity contribution is 6.30. The van der Waals surface area contributed by atoms with Crippen LogP contribution in [0.4, 0.5) is 8.78 Å². The summed E-state index contributed by atoms with van der Waals surface area (Å²) in [5.74, 6) is -2.95. The summed E-state index contributed by atoms with van der Waals surface area (Å²) in [6, 6.07) is 3.46. The lowest BCUT2D eigenvalue weighted by molar-refractivity contribution is 0.00714. The van der Waals surface area contributed by atoms with Gasteiger partial charge in [0.05, 0.1) is 0 Å². The zero-order valence-corrected chi connectivity index (χ0v) is 10.9. The molecule has 1 saturated carbocycles. The second-order valence-corrected chi connectivity index (χ2v) is 4.90. The van der Waals surface area contributed by atoms with E-state index in [0.29, 0.717) is 17.1 Å². The number of hydrogen-bond donors (Lipinski definition) is 1. The molecular formula is C12H14ClF2N3O. The van der Waals surface area contributed by atoms with Gasteiger partial charge >= 0.3 is 0 Å². The highest BCUT2D eigenvalue weighted by Crippen LogP contribution is 2.38. The van der Waals surface area contributed by atoms with Crippen LogP contribution in [0.15, 0.2) is 23.5 Å². The molecule has 1 aliphatic carbocycles. The van der Waals surface area contributed by atoms with Gasteiger partial charge in [-0.1, -0.05) is 22.8 Å². The van der Waals surface area contributed by atoms with Crippen molar-refractivity contribution in [3.63, 3.8) is 0 Å². The Morgan fingerprint density at radius 2 is 2.42 bits per heavy atom. The fourth-order valence-corrected chi connectivity index (χ4v) is 2.15. The largest absolute Gasteiger partial charge is 0.389 e. The topological polar surface area (TPSA) is 60.5 Å². The maximum Gasteiger partial charge on any atom is 0.248 e. The van der Waals surface area contributed by atoms with Crippen LogP contribution in [0.1, 0.15) is 24.8 Å². The lowest BCUT2D eigenvalue weighted by atomic mass is 10.1. The zero-order valence-electron chi connectivity index (χ0n) is 10.2. The van der Waals surface area contributed by atoms with Crippen LogP contribution < -0.4 is 5.73 Å². The fraction of sp³-hybridized carbons (Fsp3) is 0.500. The van der Waals surface area contributed by atoms with E-state index >= 15 is 0 Å². The van der Waals surface area contributed by atoms with Crippen LogP contribution in [0.3, 0.4) is 0 Å². The van der Waals surface area contributed by atoms with Crippen molar-refractivity contribution in [2.24, 2.45) is 16.8 Å². The van der Waals surface area contributed by atoms with Crippen LogP contribution in [0.2, 0.25) is 5.15 Å². The van der Waals surface area contributed by atoms with Crippen molar-refractivity contribution >= 4 is 17.4 Å². The van der Waals surface area contributed by atoms with Crippen molar-refractivity contribution in [2.75, 3.05) is 0 Å². The van der Waals surface area contributed by atoms with E-state index in [2.05, 4.69) is 10.1 Å². The van der Waals surface area contributed by atoms with Crippen LogP contribution in [0.25, 0.3) is 0 Å². The third-order valence-corrected chi connectivity index (χ3v) is 3.39. The van der Waals surface area contributed by atoms with Crippen molar-refractivity contribution in [1.82, 2.24) is 4.98 Å². The maximum atomic E-state index is 13.0. The zero-order chi connectivity index (χ0) is 13.9. The first-order chi connectivity index (χ1) is 8.98. The number of nitrogens with zero attached hydrogens (tertiary/aromatic N) is 2. The molecule has 2 N–H and O–H groups in total. The Morgan fingerprint density at radius 1 is 1.63 bits per heavy atom. The highest BCUT2D eigenvalue weighted by Gasteiger charge is 2.41. The molecule has 0 aliphatic heterocycles. The van der Waals surface area contributed by atoms with E-state index in [1.807, 2.05) is 0 Å². The number of halogens is 3. The smallest absolute Gasteiger partial charge is 0.248 e. The first kappa shape index (κ1) is 14.0. The minimum Gasteiger partial charge on any atom is -0.389 e. The Balaban J connectivity index is 1.88. The number of amidine groups is 1. The molecule has 19 heavy (non-hydrogen) atoms. The van der Waals surface area contributed by atoms with Gasteiger partial charge in [0, 0.05) is 30.5 Å². The van der Waals surface area contributed by atoms with Gasteiger partial charge in [-0.2, -0.15) is 0 Å². The van der Waals surface area contributed by atoms with Gasteiger partial charge in [0.1, 0.15) is 17.6 Å². The fourth-order valence-electron chi connectivity index (χ4n) is 1.98. The van der Waals surface area contributed by atoms with Crippen LogP contribution in [-0.4, -0.2) is 16.7 Å². The third kappa shape index (κ3) is 3.76. The molecule has 104 valence electrons. The summed E-state index contributed by atoms with van der Waals surface area (Å²) in [6.07, 6.45) is 1.48. The number of pyridine rings is 1. The number of alkyl halides is 2. The Hall–Kier alpha value is -1.43. The van der Waals surface area contributed by atoms with E-state index in [9.17, 15) is 8.78 Å². The third-order valence-electron chi connectivity index (χ3n) is 3.05. The monoisotopic (exact) mass is 289 g/mol. The molecule has 4 nitrogen and oxygen atoms in total. The standard InChI is InChI=1S/C12H14ClF2N3O/c13-10-9(2-1-5-17-10)7-19-18-11(16)8-3-4-12(14,15)6-8/h1-2,5,8H,3-4,6-7H2,(H2,16,18). The average Bonchev–Trinajstić information content (AvgIpc) is 2.72. The van der Waals surface area contributed by atoms with Crippen molar-refractivity contribution in [3.8, 4) is 0 Å². The molecule has 1 atom stereocenters. The summed E-state index contributed by atoms with van der Waals surface area (Å²) in [5, 5.41) is 4.01. The molecule has 1 heterocycles. The summed E-state index contributed by atoms with van der Waals surface area (Å²) in [7, 11) is 0. The van der Waals surface area contributed by atoms with Crippen molar-refractivity contribution < 1.29 is 13.6 Å². The maximum absolute atomic E-state index is 13.0. The number of oxime groups is 1. The minimum absolute atomic E-state index is 0.108. The molecule has 0 saturated heterocycles. The van der Waals surface area contributed by atoms with Gasteiger partial charge in [0.15, 0.2) is 0 Å². The van der Waals surface area contributed by atoms with Crippen LogP contribution >= 0.6 is 11.6 Å². The molecule has 1 fully saturated rings. The van der Waals surface area contributed by atoms with Gasteiger partial charge < -0.3 is 10.6 Å². The molecule has 1 aromatic rings. The Labute approximate surface area is 114 Å². The van der Waals surface area contributed by atoms with E-state index < -0.39 is 11.8 Å². The lowest BCUT2D eigenvalue weighted by Crippen LogP contribution is -2.23. The van der Waals surface area contributed by atoms with Crippen LogP contribution in [0.5, 0.6) is 0 Å². The predicted molar refractivity (Wildman–Crippen MR) is 67.9 cm³/mol. The van der Waals surface area contributed by atoms with Crippen molar-refractivity contribution in [1.29, 1.82) is 0 Å². The second-order valence-electron chi connectivity index (χ2n) is 4.54. The molecule has 7 heteroatoms. The molecular weight excluding hydrogens is 276 g/mol. The molecule has 0 aromatic carbocycles. The minimum atomic E-state index is -2.64. The molecule has 1 unspecified atom stereocenters. The van der Waals surface area contributed by atoms with E-state index in [1.165, 1.54) is 0 Å². The SMILES string of the molecule is N/C(=N\OCc1cccnc1Cl)C1CCC(F)(F)C1. The summed E-state index contributed by atoms with van der Waals surface area (Å²) in [4.78, 5) is 8.92. The van der Waals surface area contributed by atoms with Gasteiger partial charge in [-0.25, -0.2) is 13.8 Å². The Morgan fingerprint density at radius 3 is 3.05 bits per heavy atom. The summed E-state index contributed by atoms with van der Waals surface area (Å²) < 4.78 is 26.0. The van der Waals surface area contributed by atoms with Gasteiger partial charge in [0.2, 0.25) is 5.92 Å². The predicted octanol–water partition coefficient (Wildman–Crippen LogP) is 2.96. The normalized spacial score (nSPS) is 22.5. The van der Waals surface area contributed by atoms with E-state index in [4.69, 9.17) is 22.2 Å². The molecule has 0 amide bonds. The summed E-state index contributed by atoms with van der Waals surface area (Å²) in [6.45, 7) is 0.108. The van der Waals surface area contributed by atoms with Gasteiger partial charge in [-0.05, 0) is 12.5 Å². The van der Waals surface area contributed by atoms with Crippen LogP contribution in [-0.2, 0) is 11.4 Å². The number of hydrogen-bond acceptors (Lipinski definition) is 3. The highest BCUT2D eigenvalue weighted by atomic mass is 35.5. The average molecular weight is 290 g/mol.